The van der Waals surface area contributed by atoms with Crippen LogP contribution in [0.1, 0.15) is 42.9 Å². The molecule has 0 aromatic carbocycles. The average Bonchev–Trinajstić information content (AvgIpc) is 3.04. The first kappa shape index (κ1) is 20.7. The molecular formula is C22H33N7O. The van der Waals surface area contributed by atoms with E-state index in [-0.39, 0.29) is 6.10 Å². The van der Waals surface area contributed by atoms with E-state index in [0.29, 0.717) is 13.2 Å². The molecule has 4 rings (SSSR count). The van der Waals surface area contributed by atoms with Gasteiger partial charge in [-0.15, -0.1) is 0 Å². The smallest absolute Gasteiger partial charge is 0.194 e. The predicted octanol–water partition coefficient (Wildman–Crippen LogP) is 2.34. The van der Waals surface area contributed by atoms with Gasteiger partial charge in [-0.2, -0.15) is 5.10 Å². The van der Waals surface area contributed by atoms with Gasteiger partial charge >= 0.3 is 0 Å². The van der Waals surface area contributed by atoms with Gasteiger partial charge in [-0.25, -0.2) is 4.98 Å². The van der Waals surface area contributed by atoms with Crippen LogP contribution in [0.2, 0.25) is 0 Å². The zero-order valence-corrected chi connectivity index (χ0v) is 18.1. The molecule has 1 unspecified atom stereocenters. The van der Waals surface area contributed by atoms with Gasteiger partial charge < -0.3 is 19.9 Å². The number of anilines is 1. The van der Waals surface area contributed by atoms with Crippen LogP contribution in [0.5, 0.6) is 0 Å². The molecule has 1 N–H and O–H groups in total. The highest BCUT2D eigenvalue weighted by atomic mass is 16.5. The van der Waals surface area contributed by atoms with Gasteiger partial charge in [-0.1, -0.05) is 18.9 Å². The van der Waals surface area contributed by atoms with E-state index in [1.54, 1.807) is 0 Å². The summed E-state index contributed by atoms with van der Waals surface area (Å²) in [6.07, 6.45) is 11.1. The molecule has 30 heavy (non-hydrogen) atoms. The molecule has 8 heteroatoms. The van der Waals surface area contributed by atoms with Crippen LogP contribution in [0.25, 0.3) is 0 Å². The molecule has 162 valence electrons. The normalized spacial score (nSPS) is 20.9. The number of aromatic nitrogens is 3. The second-order valence-corrected chi connectivity index (χ2v) is 8.08. The quantitative estimate of drug-likeness (QED) is 0.615. The van der Waals surface area contributed by atoms with E-state index in [1.807, 2.05) is 37.4 Å². The van der Waals surface area contributed by atoms with Gasteiger partial charge in [0.15, 0.2) is 5.96 Å². The minimum absolute atomic E-state index is 0.0144. The third-order valence-electron chi connectivity index (χ3n) is 5.86. The summed E-state index contributed by atoms with van der Waals surface area (Å²) in [6.45, 7) is 5.19. The first-order valence-electron chi connectivity index (χ1n) is 11.0. The van der Waals surface area contributed by atoms with E-state index >= 15 is 0 Å². The fourth-order valence-corrected chi connectivity index (χ4v) is 4.17. The molecule has 1 atom stereocenters. The maximum atomic E-state index is 5.95. The first-order chi connectivity index (χ1) is 14.7. The van der Waals surface area contributed by atoms with Crippen molar-refractivity contribution in [2.75, 3.05) is 44.7 Å². The highest BCUT2D eigenvalue weighted by Crippen LogP contribution is 2.22. The number of aliphatic imine (C=N–C) groups is 1. The number of nitrogens with zero attached hydrogens (tertiary/aromatic N) is 6. The summed E-state index contributed by atoms with van der Waals surface area (Å²) in [6, 6.07) is 4.32. The topological polar surface area (TPSA) is 70.8 Å². The molecular weight excluding hydrogens is 378 g/mol. The van der Waals surface area contributed by atoms with Gasteiger partial charge in [-0.3, -0.25) is 9.67 Å². The minimum atomic E-state index is 0.0144. The SMILES string of the molecule is CN=C(NCc1ccc(N2CCCCCC2)nc1)N1CCOC(c2cnn(C)c2)C1. The first-order valence-corrected chi connectivity index (χ1v) is 11.0. The van der Waals surface area contributed by atoms with E-state index in [9.17, 15) is 0 Å². The Hall–Kier alpha value is -2.61. The zero-order chi connectivity index (χ0) is 20.8. The van der Waals surface area contributed by atoms with Crippen molar-refractivity contribution in [2.45, 2.75) is 38.3 Å². The largest absolute Gasteiger partial charge is 0.370 e. The second kappa shape index (κ2) is 9.93. The fourth-order valence-electron chi connectivity index (χ4n) is 4.17. The lowest BCUT2D eigenvalue weighted by molar-refractivity contribution is -0.00805. The van der Waals surface area contributed by atoms with Crippen molar-refractivity contribution in [1.29, 1.82) is 0 Å². The molecule has 2 fully saturated rings. The van der Waals surface area contributed by atoms with Crippen LogP contribution in [0.15, 0.2) is 35.7 Å². The number of pyridine rings is 1. The van der Waals surface area contributed by atoms with Crippen LogP contribution in [0, 0.1) is 0 Å². The summed E-state index contributed by atoms with van der Waals surface area (Å²) in [7, 11) is 3.76. The molecule has 0 saturated carbocycles. The number of hydrogen-bond acceptors (Lipinski definition) is 5. The van der Waals surface area contributed by atoms with Gasteiger partial charge in [-0.05, 0) is 24.5 Å². The van der Waals surface area contributed by atoms with Crippen molar-refractivity contribution in [3.63, 3.8) is 0 Å². The molecule has 8 nitrogen and oxygen atoms in total. The Balaban J connectivity index is 1.32. The van der Waals surface area contributed by atoms with Crippen molar-refractivity contribution >= 4 is 11.8 Å². The number of ether oxygens (including phenoxy) is 1. The van der Waals surface area contributed by atoms with E-state index < -0.39 is 0 Å². The minimum Gasteiger partial charge on any atom is -0.370 e. The van der Waals surface area contributed by atoms with E-state index in [4.69, 9.17) is 9.72 Å². The van der Waals surface area contributed by atoms with Crippen molar-refractivity contribution in [1.82, 2.24) is 25.0 Å². The summed E-state index contributed by atoms with van der Waals surface area (Å²) < 4.78 is 7.76. The van der Waals surface area contributed by atoms with Gasteiger partial charge in [0.2, 0.25) is 0 Å². The van der Waals surface area contributed by atoms with Crippen LogP contribution in [0.3, 0.4) is 0 Å². The standard InChI is InChI=1S/C22H33N7O/c1-23-22(29-11-12-30-20(17-29)19-15-26-27(2)16-19)25-14-18-7-8-21(24-13-18)28-9-5-3-4-6-10-28/h7-8,13,15-16,20H,3-6,9-12,14,17H2,1-2H3,(H,23,25). The van der Waals surface area contributed by atoms with Gasteiger partial charge in [0, 0.05) is 58.2 Å². The maximum absolute atomic E-state index is 5.95. The van der Waals surface area contributed by atoms with E-state index in [1.165, 1.54) is 25.7 Å². The van der Waals surface area contributed by atoms with Gasteiger partial charge in [0.1, 0.15) is 11.9 Å². The third-order valence-corrected chi connectivity index (χ3v) is 5.86. The molecule has 4 heterocycles. The van der Waals surface area contributed by atoms with Crippen LogP contribution in [-0.4, -0.2) is 65.5 Å². The van der Waals surface area contributed by atoms with Gasteiger partial charge in [0.25, 0.3) is 0 Å². The molecule has 2 aromatic rings. The van der Waals surface area contributed by atoms with Crippen LogP contribution in [-0.2, 0) is 18.3 Å². The molecule has 2 aliphatic heterocycles. The fraction of sp³-hybridized carbons (Fsp3) is 0.591. The summed E-state index contributed by atoms with van der Waals surface area (Å²) in [5, 5.41) is 7.75. The highest BCUT2D eigenvalue weighted by molar-refractivity contribution is 5.80. The van der Waals surface area contributed by atoms with Crippen molar-refractivity contribution in [3.8, 4) is 0 Å². The molecule has 0 aliphatic carbocycles. The number of guanidine groups is 1. The van der Waals surface area contributed by atoms with E-state index in [2.05, 4.69) is 37.3 Å². The zero-order valence-electron chi connectivity index (χ0n) is 18.1. The maximum Gasteiger partial charge on any atom is 0.194 e. The summed E-state index contributed by atoms with van der Waals surface area (Å²) in [4.78, 5) is 13.9. The molecule has 0 amide bonds. The Morgan fingerprint density at radius 3 is 2.67 bits per heavy atom. The third kappa shape index (κ3) is 5.11. The summed E-state index contributed by atoms with van der Waals surface area (Å²) in [5.74, 6) is 1.99. The molecule has 2 aliphatic rings. The van der Waals surface area contributed by atoms with Crippen molar-refractivity contribution in [3.05, 3.63) is 41.9 Å². The number of aryl methyl sites for hydroxylation is 1. The van der Waals surface area contributed by atoms with Crippen LogP contribution in [0.4, 0.5) is 5.82 Å². The molecule has 2 saturated heterocycles. The molecule has 0 spiro atoms. The number of hydrogen-bond donors (Lipinski definition) is 1. The second-order valence-electron chi connectivity index (χ2n) is 8.08. The van der Waals surface area contributed by atoms with Crippen molar-refractivity contribution < 1.29 is 4.74 Å². The Morgan fingerprint density at radius 2 is 2.00 bits per heavy atom. The van der Waals surface area contributed by atoms with Crippen molar-refractivity contribution in [2.24, 2.45) is 12.0 Å². The highest BCUT2D eigenvalue weighted by Gasteiger charge is 2.25. The predicted molar refractivity (Wildman–Crippen MR) is 119 cm³/mol. The number of nitrogens with one attached hydrogen (secondary N) is 1. The molecule has 2 aromatic heterocycles. The molecule has 0 radical (unpaired) electrons. The lowest BCUT2D eigenvalue weighted by Crippen LogP contribution is -2.47. The Morgan fingerprint density at radius 1 is 1.17 bits per heavy atom. The summed E-state index contributed by atoms with van der Waals surface area (Å²) >= 11 is 0. The Labute approximate surface area is 178 Å². The number of morpholine rings is 1. The summed E-state index contributed by atoms with van der Waals surface area (Å²) in [5.41, 5.74) is 2.26. The lowest BCUT2D eigenvalue weighted by atomic mass is 10.1. The van der Waals surface area contributed by atoms with Crippen LogP contribution >= 0.6 is 0 Å². The lowest BCUT2D eigenvalue weighted by Gasteiger charge is -2.34. The Bertz CT molecular complexity index is 824. The number of rotatable bonds is 4. The van der Waals surface area contributed by atoms with E-state index in [0.717, 1.165) is 49.1 Å². The average molecular weight is 412 g/mol. The monoisotopic (exact) mass is 411 g/mol. The van der Waals surface area contributed by atoms with Crippen LogP contribution < -0.4 is 10.2 Å². The Kier molecular flexibility index (Phi) is 6.84. The van der Waals surface area contributed by atoms with Gasteiger partial charge in [0.05, 0.1) is 19.3 Å². The molecule has 0 bridgehead atoms.